The largest absolute Gasteiger partial charge is 0.482 e. The number of rotatable bonds is 9. The Morgan fingerprint density at radius 3 is 2.42 bits per heavy atom. The SMILES string of the molecule is CCOC(=O)c1c(NC(=O)COc2ccccc2Cl)sc(C)c1-c1ccc([C@@H](C)CC)cc1. The van der Waals surface area contributed by atoms with Crippen molar-refractivity contribution in [2.24, 2.45) is 0 Å². The molecule has 1 atom stereocenters. The summed E-state index contributed by atoms with van der Waals surface area (Å²) in [6.07, 6.45) is 1.05. The summed E-state index contributed by atoms with van der Waals surface area (Å²) in [5.41, 5.74) is 3.29. The predicted octanol–water partition coefficient (Wildman–Crippen LogP) is 7.08. The first-order chi connectivity index (χ1) is 15.8. The third-order valence-electron chi connectivity index (χ3n) is 5.39. The van der Waals surface area contributed by atoms with Crippen LogP contribution in [-0.2, 0) is 9.53 Å². The molecule has 0 fully saturated rings. The highest BCUT2D eigenvalue weighted by Crippen LogP contribution is 2.41. The van der Waals surface area contributed by atoms with Gasteiger partial charge in [-0.2, -0.15) is 0 Å². The molecule has 1 heterocycles. The van der Waals surface area contributed by atoms with Gasteiger partial charge in [0.05, 0.1) is 11.6 Å². The topological polar surface area (TPSA) is 64.6 Å². The minimum atomic E-state index is -0.467. The number of benzene rings is 2. The van der Waals surface area contributed by atoms with Gasteiger partial charge in [0.25, 0.3) is 5.91 Å². The normalized spacial score (nSPS) is 11.7. The molecule has 0 radical (unpaired) electrons. The highest BCUT2D eigenvalue weighted by atomic mass is 35.5. The van der Waals surface area contributed by atoms with Crippen molar-refractivity contribution >= 4 is 39.8 Å². The maximum Gasteiger partial charge on any atom is 0.341 e. The number of hydrogen-bond acceptors (Lipinski definition) is 5. The molecular formula is C26H28ClNO4S. The summed E-state index contributed by atoms with van der Waals surface area (Å²) in [5.74, 6) is 0.0232. The maximum atomic E-state index is 12.9. The zero-order chi connectivity index (χ0) is 24.0. The van der Waals surface area contributed by atoms with Gasteiger partial charge >= 0.3 is 5.97 Å². The van der Waals surface area contributed by atoms with Crippen LogP contribution in [0, 0.1) is 6.92 Å². The first-order valence-electron chi connectivity index (χ1n) is 10.9. The van der Waals surface area contributed by atoms with E-state index in [-0.39, 0.29) is 19.1 Å². The van der Waals surface area contributed by atoms with Crippen molar-refractivity contribution in [1.29, 1.82) is 0 Å². The van der Waals surface area contributed by atoms with Gasteiger partial charge in [0, 0.05) is 10.4 Å². The molecule has 2 aromatic carbocycles. The Labute approximate surface area is 203 Å². The second-order valence-electron chi connectivity index (χ2n) is 7.66. The van der Waals surface area contributed by atoms with Crippen LogP contribution in [0.25, 0.3) is 11.1 Å². The first kappa shape index (κ1) is 24.8. The van der Waals surface area contributed by atoms with E-state index < -0.39 is 5.97 Å². The molecule has 0 saturated heterocycles. The first-order valence-corrected chi connectivity index (χ1v) is 12.1. The predicted molar refractivity (Wildman–Crippen MR) is 135 cm³/mol. The van der Waals surface area contributed by atoms with E-state index in [0.29, 0.717) is 27.3 Å². The number of hydrogen-bond donors (Lipinski definition) is 1. The molecule has 0 unspecified atom stereocenters. The molecule has 7 heteroatoms. The molecule has 3 aromatic rings. The maximum absolute atomic E-state index is 12.9. The molecule has 0 spiro atoms. The van der Waals surface area contributed by atoms with Crippen molar-refractivity contribution in [1.82, 2.24) is 0 Å². The van der Waals surface area contributed by atoms with Gasteiger partial charge < -0.3 is 14.8 Å². The Balaban J connectivity index is 1.88. The Hall–Kier alpha value is -2.83. The minimum Gasteiger partial charge on any atom is -0.482 e. The second kappa shape index (κ2) is 11.3. The van der Waals surface area contributed by atoms with Crippen LogP contribution >= 0.6 is 22.9 Å². The van der Waals surface area contributed by atoms with Crippen molar-refractivity contribution in [3.8, 4) is 16.9 Å². The number of halogens is 1. The highest BCUT2D eigenvalue weighted by molar-refractivity contribution is 7.17. The zero-order valence-corrected chi connectivity index (χ0v) is 20.8. The van der Waals surface area contributed by atoms with Crippen LogP contribution in [0.5, 0.6) is 5.75 Å². The van der Waals surface area contributed by atoms with Crippen molar-refractivity contribution in [2.75, 3.05) is 18.5 Å². The Morgan fingerprint density at radius 1 is 1.09 bits per heavy atom. The summed E-state index contributed by atoms with van der Waals surface area (Å²) >= 11 is 7.43. The number of ether oxygens (including phenoxy) is 2. The second-order valence-corrected chi connectivity index (χ2v) is 9.29. The average Bonchev–Trinajstić information content (AvgIpc) is 3.13. The van der Waals surface area contributed by atoms with Crippen molar-refractivity contribution in [2.45, 2.75) is 40.0 Å². The molecule has 33 heavy (non-hydrogen) atoms. The molecule has 1 amide bonds. The van der Waals surface area contributed by atoms with Gasteiger partial charge in [-0.05, 0) is 49.4 Å². The van der Waals surface area contributed by atoms with Gasteiger partial charge in [-0.25, -0.2) is 4.79 Å². The summed E-state index contributed by atoms with van der Waals surface area (Å²) in [4.78, 5) is 26.4. The molecular weight excluding hydrogens is 458 g/mol. The number of esters is 1. The number of carbonyl (C=O) groups is 2. The molecule has 3 rings (SSSR count). The third kappa shape index (κ3) is 5.95. The van der Waals surface area contributed by atoms with Crippen LogP contribution in [0.4, 0.5) is 5.00 Å². The Kier molecular flexibility index (Phi) is 8.53. The van der Waals surface area contributed by atoms with Crippen LogP contribution in [-0.4, -0.2) is 25.1 Å². The third-order valence-corrected chi connectivity index (χ3v) is 6.73. The minimum absolute atomic E-state index is 0.234. The molecule has 0 aliphatic heterocycles. The summed E-state index contributed by atoms with van der Waals surface area (Å²) in [7, 11) is 0. The van der Waals surface area contributed by atoms with E-state index >= 15 is 0 Å². The lowest BCUT2D eigenvalue weighted by atomic mass is 9.94. The van der Waals surface area contributed by atoms with Crippen LogP contribution in [0.3, 0.4) is 0 Å². The summed E-state index contributed by atoms with van der Waals surface area (Å²) in [6, 6.07) is 15.2. The lowest BCUT2D eigenvalue weighted by Gasteiger charge is -2.12. The molecule has 5 nitrogen and oxygen atoms in total. The monoisotopic (exact) mass is 485 g/mol. The quantitative estimate of drug-likeness (QED) is 0.329. The van der Waals surface area contributed by atoms with Crippen LogP contribution in [0.15, 0.2) is 48.5 Å². The van der Waals surface area contributed by atoms with E-state index in [1.807, 2.05) is 19.1 Å². The summed E-state index contributed by atoms with van der Waals surface area (Å²) in [6.45, 7) is 8.04. The lowest BCUT2D eigenvalue weighted by Crippen LogP contribution is -2.21. The van der Waals surface area contributed by atoms with E-state index in [1.165, 1.54) is 16.9 Å². The molecule has 0 bridgehead atoms. The molecule has 174 valence electrons. The fraction of sp³-hybridized carbons (Fsp3) is 0.308. The average molecular weight is 486 g/mol. The number of carbonyl (C=O) groups excluding carboxylic acids is 2. The Morgan fingerprint density at radius 2 is 1.79 bits per heavy atom. The number of nitrogens with one attached hydrogen (secondary N) is 1. The van der Waals surface area contributed by atoms with Gasteiger partial charge in [0.2, 0.25) is 0 Å². The fourth-order valence-corrected chi connectivity index (χ4v) is 4.73. The number of anilines is 1. The van der Waals surface area contributed by atoms with E-state index in [9.17, 15) is 9.59 Å². The smallest absolute Gasteiger partial charge is 0.341 e. The van der Waals surface area contributed by atoms with Gasteiger partial charge in [-0.15, -0.1) is 11.3 Å². The van der Waals surface area contributed by atoms with Crippen molar-refractivity contribution in [3.63, 3.8) is 0 Å². The van der Waals surface area contributed by atoms with Crippen LogP contribution in [0.2, 0.25) is 5.02 Å². The van der Waals surface area contributed by atoms with Gasteiger partial charge in [-0.3, -0.25) is 4.79 Å². The van der Waals surface area contributed by atoms with Crippen LogP contribution < -0.4 is 10.1 Å². The van der Waals surface area contributed by atoms with E-state index in [4.69, 9.17) is 21.1 Å². The van der Waals surface area contributed by atoms with E-state index in [2.05, 4.69) is 31.3 Å². The van der Waals surface area contributed by atoms with E-state index in [0.717, 1.165) is 22.4 Å². The van der Waals surface area contributed by atoms with Gasteiger partial charge in [-0.1, -0.05) is 61.8 Å². The van der Waals surface area contributed by atoms with Gasteiger partial charge in [0.1, 0.15) is 16.3 Å². The molecule has 0 aliphatic carbocycles. The van der Waals surface area contributed by atoms with Crippen molar-refractivity contribution < 1.29 is 19.1 Å². The molecule has 1 N–H and O–H groups in total. The lowest BCUT2D eigenvalue weighted by molar-refractivity contribution is -0.118. The fourth-order valence-electron chi connectivity index (χ4n) is 3.46. The Bertz CT molecular complexity index is 1120. The number of aryl methyl sites for hydroxylation is 1. The van der Waals surface area contributed by atoms with E-state index in [1.54, 1.807) is 31.2 Å². The standard InChI is InChI=1S/C26H28ClNO4S/c1-5-16(3)18-11-13-19(14-12-18)23-17(4)33-25(24(23)26(30)31-6-2)28-22(29)15-32-21-10-8-7-9-20(21)27/h7-14,16H,5-6,15H2,1-4H3,(H,28,29)/t16-/m0/s1. The zero-order valence-electron chi connectivity index (χ0n) is 19.2. The molecule has 0 saturated carbocycles. The number of amides is 1. The highest BCUT2D eigenvalue weighted by Gasteiger charge is 2.25. The summed E-state index contributed by atoms with van der Waals surface area (Å²) < 4.78 is 10.8. The number of para-hydroxylation sites is 1. The van der Waals surface area contributed by atoms with Crippen molar-refractivity contribution in [3.05, 3.63) is 69.6 Å². The van der Waals surface area contributed by atoms with Crippen LogP contribution in [0.1, 0.15) is 53.9 Å². The molecule has 1 aromatic heterocycles. The van der Waals surface area contributed by atoms with Gasteiger partial charge in [0.15, 0.2) is 6.61 Å². The summed E-state index contributed by atoms with van der Waals surface area (Å²) in [5, 5.41) is 3.69. The number of thiophene rings is 1. The molecule has 0 aliphatic rings.